The predicted molar refractivity (Wildman–Crippen MR) is 133 cm³/mol. The maximum atomic E-state index is 5.85. The van der Waals surface area contributed by atoms with Crippen LogP contribution in [0.3, 0.4) is 0 Å². The standard InChI is InChI=1S/C23H35N5O.HI/c1-6-24-22(27-15-21-25-14-20(29-21)23(3,4)5)26-13-17(2)28-12-11-18-9-7-8-10-19(18)16-28;/h7-10,14,17H,6,11-13,15-16H2,1-5H3,(H2,24,26,27);1H. The number of halogens is 1. The lowest BCUT2D eigenvalue weighted by Gasteiger charge is -2.34. The van der Waals surface area contributed by atoms with Gasteiger partial charge in [0.15, 0.2) is 5.96 Å². The van der Waals surface area contributed by atoms with E-state index in [4.69, 9.17) is 4.42 Å². The molecule has 1 aliphatic rings. The smallest absolute Gasteiger partial charge is 0.216 e. The second kappa shape index (κ2) is 11.1. The summed E-state index contributed by atoms with van der Waals surface area (Å²) >= 11 is 0. The molecule has 0 bridgehead atoms. The molecule has 3 rings (SSSR count). The van der Waals surface area contributed by atoms with Crippen LogP contribution in [-0.4, -0.2) is 41.5 Å². The van der Waals surface area contributed by atoms with Crippen LogP contribution in [-0.2, 0) is 24.9 Å². The Bertz CT molecular complexity index is 827. The van der Waals surface area contributed by atoms with Gasteiger partial charge in [0, 0.05) is 37.6 Å². The monoisotopic (exact) mass is 525 g/mol. The van der Waals surface area contributed by atoms with Crippen LogP contribution in [0.1, 0.15) is 57.4 Å². The molecule has 1 atom stereocenters. The minimum absolute atomic E-state index is 0. The minimum Gasteiger partial charge on any atom is -0.443 e. The van der Waals surface area contributed by atoms with Crippen molar-refractivity contribution in [1.29, 1.82) is 0 Å². The van der Waals surface area contributed by atoms with Gasteiger partial charge in [0.25, 0.3) is 0 Å². The second-order valence-electron chi connectivity index (χ2n) is 8.78. The first kappa shape index (κ1) is 24.7. The summed E-state index contributed by atoms with van der Waals surface area (Å²) in [5.41, 5.74) is 2.89. The number of rotatable bonds is 6. The molecule has 1 aromatic carbocycles. The van der Waals surface area contributed by atoms with Gasteiger partial charge in [0.2, 0.25) is 5.89 Å². The van der Waals surface area contributed by atoms with Crippen LogP contribution in [0.5, 0.6) is 0 Å². The molecule has 0 saturated heterocycles. The molecule has 0 radical (unpaired) electrons. The van der Waals surface area contributed by atoms with E-state index in [2.05, 4.69) is 84.4 Å². The average molecular weight is 525 g/mol. The van der Waals surface area contributed by atoms with Crippen LogP contribution < -0.4 is 10.6 Å². The van der Waals surface area contributed by atoms with Crippen LogP contribution >= 0.6 is 24.0 Å². The molecule has 1 unspecified atom stereocenters. The van der Waals surface area contributed by atoms with Gasteiger partial charge in [-0.2, -0.15) is 0 Å². The molecule has 166 valence electrons. The number of nitrogens with zero attached hydrogens (tertiary/aromatic N) is 3. The van der Waals surface area contributed by atoms with Crippen LogP contribution in [0, 0.1) is 0 Å². The van der Waals surface area contributed by atoms with Crippen LogP contribution in [0.25, 0.3) is 0 Å². The van der Waals surface area contributed by atoms with Crippen molar-refractivity contribution >= 4 is 29.9 Å². The molecule has 0 fully saturated rings. The van der Waals surface area contributed by atoms with Crippen molar-refractivity contribution in [1.82, 2.24) is 20.5 Å². The van der Waals surface area contributed by atoms with Gasteiger partial charge < -0.3 is 15.1 Å². The van der Waals surface area contributed by atoms with E-state index < -0.39 is 0 Å². The Kier molecular flexibility index (Phi) is 9.15. The second-order valence-corrected chi connectivity index (χ2v) is 8.78. The SMILES string of the molecule is CCNC(=NCc1ncc(C(C)(C)C)o1)NCC(C)N1CCc2ccccc2C1.I. The highest BCUT2D eigenvalue weighted by Gasteiger charge is 2.21. The minimum atomic E-state index is -0.0415. The summed E-state index contributed by atoms with van der Waals surface area (Å²) in [5.74, 6) is 2.33. The van der Waals surface area contributed by atoms with Gasteiger partial charge in [0.1, 0.15) is 12.3 Å². The quantitative estimate of drug-likeness (QED) is 0.338. The van der Waals surface area contributed by atoms with Crippen molar-refractivity contribution in [2.75, 3.05) is 19.6 Å². The molecule has 0 amide bonds. The van der Waals surface area contributed by atoms with Crippen LogP contribution in [0.2, 0.25) is 0 Å². The maximum Gasteiger partial charge on any atom is 0.216 e. The fourth-order valence-electron chi connectivity index (χ4n) is 3.49. The van der Waals surface area contributed by atoms with E-state index in [0.29, 0.717) is 18.5 Å². The molecule has 6 nitrogen and oxygen atoms in total. The zero-order valence-electron chi connectivity index (χ0n) is 18.9. The molecule has 2 N–H and O–H groups in total. The summed E-state index contributed by atoms with van der Waals surface area (Å²) in [4.78, 5) is 11.5. The fourth-order valence-corrected chi connectivity index (χ4v) is 3.49. The van der Waals surface area contributed by atoms with E-state index >= 15 is 0 Å². The normalized spacial score (nSPS) is 15.8. The first-order chi connectivity index (χ1) is 13.9. The first-order valence-corrected chi connectivity index (χ1v) is 10.6. The van der Waals surface area contributed by atoms with Gasteiger partial charge >= 0.3 is 0 Å². The van der Waals surface area contributed by atoms with Crippen molar-refractivity contribution in [3.63, 3.8) is 0 Å². The molecule has 1 aromatic heterocycles. The number of aliphatic imine (C=N–C) groups is 1. The highest BCUT2D eigenvalue weighted by molar-refractivity contribution is 14.0. The van der Waals surface area contributed by atoms with Crippen molar-refractivity contribution in [2.45, 2.75) is 65.6 Å². The summed E-state index contributed by atoms with van der Waals surface area (Å²) in [6.07, 6.45) is 2.93. The molecule has 30 heavy (non-hydrogen) atoms. The van der Waals surface area contributed by atoms with Gasteiger partial charge in [-0.25, -0.2) is 9.98 Å². The van der Waals surface area contributed by atoms with Crippen molar-refractivity contribution in [3.05, 3.63) is 53.2 Å². The maximum absolute atomic E-state index is 5.85. The number of fused-ring (bicyclic) bond motifs is 1. The van der Waals surface area contributed by atoms with E-state index in [1.54, 1.807) is 0 Å². The van der Waals surface area contributed by atoms with Gasteiger partial charge in [0.05, 0.1) is 6.20 Å². The predicted octanol–water partition coefficient (Wildman–Crippen LogP) is 4.09. The molecule has 2 heterocycles. The fraction of sp³-hybridized carbons (Fsp3) is 0.565. The Labute approximate surface area is 198 Å². The third-order valence-electron chi connectivity index (χ3n) is 5.36. The summed E-state index contributed by atoms with van der Waals surface area (Å²) in [6, 6.07) is 9.18. The van der Waals surface area contributed by atoms with Crippen LogP contribution in [0.4, 0.5) is 0 Å². The highest BCUT2D eigenvalue weighted by Crippen LogP contribution is 2.23. The topological polar surface area (TPSA) is 65.7 Å². The van der Waals surface area contributed by atoms with E-state index in [-0.39, 0.29) is 29.4 Å². The Morgan fingerprint density at radius 1 is 1.23 bits per heavy atom. The largest absolute Gasteiger partial charge is 0.443 e. The van der Waals surface area contributed by atoms with Gasteiger partial charge in [-0.3, -0.25) is 4.90 Å². The highest BCUT2D eigenvalue weighted by atomic mass is 127. The van der Waals surface area contributed by atoms with Crippen molar-refractivity contribution in [3.8, 4) is 0 Å². The lowest BCUT2D eigenvalue weighted by Crippen LogP contribution is -2.47. The third kappa shape index (κ3) is 6.70. The zero-order valence-corrected chi connectivity index (χ0v) is 21.2. The molecule has 1 aliphatic heterocycles. The van der Waals surface area contributed by atoms with Gasteiger partial charge in [-0.05, 0) is 31.4 Å². The summed E-state index contributed by atoms with van der Waals surface area (Å²) in [5, 5.41) is 6.79. The summed E-state index contributed by atoms with van der Waals surface area (Å²) < 4.78 is 5.85. The number of nitrogens with one attached hydrogen (secondary N) is 2. The summed E-state index contributed by atoms with van der Waals surface area (Å²) in [7, 11) is 0. The average Bonchev–Trinajstić information content (AvgIpc) is 3.19. The molecule has 0 spiro atoms. The third-order valence-corrected chi connectivity index (χ3v) is 5.36. The lowest BCUT2D eigenvalue weighted by molar-refractivity contribution is 0.191. The Morgan fingerprint density at radius 2 is 1.97 bits per heavy atom. The Morgan fingerprint density at radius 3 is 2.63 bits per heavy atom. The van der Waals surface area contributed by atoms with Crippen molar-refractivity contribution < 1.29 is 4.42 Å². The van der Waals surface area contributed by atoms with E-state index in [0.717, 1.165) is 44.3 Å². The number of aromatic nitrogens is 1. The molecule has 0 saturated carbocycles. The number of benzene rings is 1. The molecule has 0 aliphatic carbocycles. The van der Waals surface area contributed by atoms with Crippen LogP contribution in [0.15, 0.2) is 39.9 Å². The molecule has 7 heteroatoms. The zero-order chi connectivity index (χ0) is 20.9. The van der Waals surface area contributed by atoms with Gasteiger partial charge in [-0.15, -0.1) is 24.0 Å². The lowest BCUT2D eigenvalue weighted by atomic mass is 9.94. The Balaban J connectivity index is 0.00000320. The molecular formula is C23H36IN5O. The first-order valence-electron chi connectivity index (χ1n) is 10.6. The molecule has 2 aromatic rings. The Hall–Kier alpha value is -1.61. The number of hydrogen-bond donors (Lipinski definition) is 2. The van der Waals surface area contributed by atoms with E-state index in [9.17, 15) is 0 Å². The number of guanidine groups is 1. The van der Waals surface area contributed by atoms with Crippen molar-refractivity contribution in [2.24, 2.45) is 4.99 Å². The number of oxazole rings is 1. The van der Waals surface area contributed by atoms with E-state index in [1.807, 2.05) is 6.20 Å². The van der Waals surface area contributed by atoms with Gasteiger partial charge in [-0.1, -0.05) is 45.0 Å². The van der Waals surface area contributed by atoms with E-state index in [1.165, 1.54) is 11.1 Å². The summed E-state index contributed by atoms with van der Waals surface area (Å²) in [6.45, 7) is 14.9. The molecular weight excluding hydrogens is 489 g/mol. The number of hydrogen-bond acceptors (Lipinski definition) is 4.